The van der Waals surface area contributed by atoms with Crippen molar-refractivity contribution < 1.29 is 39.0 Å². The fourth-order valence-corrected chi connectivity index (χ4v) is 3.08. The molecule has 210 valence electrons. The van der Waals surface area contributed by atoms with Crippen LogP contribution in [0.25, 0.3) is 0 Å². The molecule has 0 heterocycles. The summed E-state index contributed by atoms with van der Waals surface area (Å²) >= 11 is 0. The second-order valence-corrected chi connectivity index (χ2v) is 8.49. The van der Waals surface area contributed by atoms with Gasteiger partial charge in [-0.25, -0.2) is 4.79 Å². The Morgan fingerprint density at radius 2 is 1.43 bits per heavy atom. The van der Waals surface area contributed by atoms with Crippen molar-refractivity contribution >= 4 is 41.5 Å². The normalized spacial score (nSPS) is 14.7. The van der Waals surface area contributed by atoms with Crippen molar-refractivity contribution in [1.29, 1.82) is 0 Å². The monoisotopic (exact) mass is 530 g/mol. The lowest BCUT2D eigenvalue weighted by Gasteiger charge is -2.26. The summed E-state index contributed by atoms with van der Waals surface area (Å²) in [5.74, 6) is -6.90. The third kappa shape index (κ3) is 13.6. The van der Waals surface area contributed by atoms with E-state index in [1.165, 1.54) is 0 Å². The third-order valence-corrected chi connectivity index (χ3v) is 5.41. The van der Waals surface area contributed by atoms with E-state index in [-0.39, 0.29) is 31.8 Å². The number of aliphatic imine (C=N–C) groups is 1. The van der Waals surface area contributed by atoms with Gasteiger partial charge >= 0.3 is 11.9 Å². The van der Waals surface area contributed by atoms with Gasteiger partial charge in [-0.15, -0.1) is 0 Å². The summed E-state index contributed by atoms with van der Waals surface area (Å²) in [6.07, 6.45) is -0.589. The van der Waals surface area contributed by atoms with Crippen LogP contribution in [0.1, 0.15) is 52.4 Å². The van der Waals surface area contributed by atoms with E-state index in [9.17, 15) is 39.0 Å². The van der Waals surface area contributed by atoms with E-state index in [4.69, 9.17) is 22.9 Å². The van der Waals surface area contributed by atoms with Crippen LogP contribution in [0.4, 0.5) is 0 Å². The van der Waals surface area contributed by atoms with Crippen molar-refractivity contribution in [3.63, 3.8) is 0 Å². The number of amides is 4. The van der Waals surface area contributed by atoms with Gasteiger partial charge in [-0.3, -0.25) is 29.0 Å². The van der Waals surface area contributed by atoms with Crippen LogP contribution in [0.5, 0.6) is 0 Å². The number of primary amides is 1. The minimum atomic E-state index is -1.62. The molecule has 0 aliphatic carbocycles. The molecule has 0 aliphatic rings. The van der Waals surface area contributed by atoms with Gasteiger partial charge in [0.1, 0.15) is 18.1 Å². The molecule has 37 heavy (non-hydrogen) atoms. The number of carboxylic acids is 2. The Bertz CT molecular complexity index is 861. The van der Waals surface area contributed by atoms with Crippen LogP contribution in [0, 0.1) is 5.92 Å². The topological polar surface area (TPSA) is 295 Å². The number of aliphatic carboxylic acids is 2. The van der Waals surface area contributed by atoms with Gasteiger partial charge in [0.25, 0.3) is 0 Å². The second-order valence-electron chi connectivity index (χ2n) is 8.49. The van der Waals surface area contributed by atoms with Gasteiger partial charge in [-0.1, -0.05) is 20.3 Å². The summed E-state index contributed by atoms with van der Waals surface area (Å²) in [4.78, 5) is 76.0. The molecule has 0 rings (SSSR count). The molecule has 0 aromatic carbocycles. The molecule has 0 aromatic heterocycles. The van der Waals surface area contributed by atoms with Crippen molar-refractivity contribution in [2.75, 3.05) is 6.54 Å². The molecule has 16 heteroatoms. The SMILES string of the molecule is CCC(C)C(NC(=O)C(CCC(N)=O)NC(=O)C(CC(=O)O)NC(=O)C(N)CCCN=C(N)N)C(=O)O. The molecule has 13 N–H and O–H groups in total. The number of nitrogens with two attached hydrogens (primary N) is 4. The molecule has 0 fully saturated rings. The fraction of sp³-hybridized carbons (Fsp3) is 0.667. The van der Waals surface area contributed by atoms with Crippen LogP contribution in [0.2, 0.25) is 0 Å². The molecule has 0 saturated heterocycles. The maximum atomic E-state index is 12.9. The van der Waals surface area contributed by atoms with Gasteiger partial charge < -0.3 is 49.1 Å². The van der Waals surface area contributed by atoms with Crippen molar-refractivity contribution in [2.45, 2.75) is 76.5 Å². The predicted octanol–water partition coefficient (Wildman–Crippen LogP) is -3.31. The van der Waals surface area contributed by atoms with Crippen LogP contribution < -0.4 is 38.9 Å². The molecule has 4 amide bonds. The Labute approximate surface area is 214 Å². The van der Waals surface area contributed by atoms with E-state index in [0.29, 0.717) is 12.8 Å². The van der Waals surface area contributed by atoms with E-state index in [1.807, 2.05) is 0 Å². The first-order valence-electron chi connectivity index (χ1n) is 11.6. The second kappa shape index (κ2) is 16.7. The molecular weight excluding hydrogens is 492 g/mol. The first-order valence-corrected chi connectivity index (χ1v) is 11.6. The summed E-state index contributed by atoms with van der Waals surface area (Å²) in [7, 11) is 0. The van der Waals surface area contributed by atoms with E-state index in [2.05, 4.69) is 20.9 Å². The highest BCUT2D eigenvalue weighted by molar-refractivity contribution is 5.95. The molecule has 0 aromatic rings. The first kappa shape index (κ1) is 33.0. The highest BCUT2D eigenvalue weighted by Gasteiger charge is 2.32. The number of carbonyl (C=O) groups excluding carboxylic acids is 4. The molecular formula is C21H38N8O8. The van der Waals surface area contributed by atoms with Gasteiger partial charge in [-0.05, 0) is 25.2 Å². The third-order valence-electron chi connectivity index (χ3n) is 5.41. The minimum Gasteiger partial charge on any atom is -0.481 e. The summed E-state index contributed by atoms with van der Waals surface area (Å²) in [5.41, 5.74) is 21.4. The molecule has 0 spiro atoms. The zero-order valence-corrected chi connectivity index (χ0v) is 20.9. The van der Waals surface area contributed by atoms with Crippen LogP contribution in [0.15, 0.2) is 4.99 Å². The van der Waals surface area contributed by atoms with E-state index >= 15 is 0 Å². The molecule has 16 nitrogen and oxygen atoms in total. The average Bonchev–Trinajstić information content (AvgIpc) is 2.80. The molecule has 5 atom stereocenters. The highest BCUT2D eigenvalue weighted by Crippen LogP contribution is 2.10. The fourth-order valence-electron chi connectivity index (χ4n) is 3.08. The first-order chi connectivity index (χ1) is 17.2. The summed E-state index contributed by atoms with van der Waals surface area (Å²) < 4.78 is 0. The summed E-state index contributed by atoms with van der Waals surface area (Å²) in [6, 6.07) is -5.45. The van der Waals surface area contributed by atoms with Crippen LogP contribution >= 0.6 is 0 Å². The van der Waals surface area contributed by atoms with Crippen LogP contribution in [-0.2, 0) is 28.8 Å². The van der Waals surface area contributed by atoms with E-state index < -0.39 is 72.1 Å². The van der Waals surface area contributed by atoms with E-state index in [1.54, 1.807) is 13.8 Å². The number of carbonyl (C=O) groups is 6. The molecule has 5 unspecified atom stereocenters. The Morgan fingerprint density at radius 1 is 0.865 bits per heavy atom. The zero-order chi connectivity index (χ0) is 28.7. The van der Waals surface area contributed by atoms with Gasteiger partial charge in [0.05, 0.1) is 12.5 Å². The predicted molar refractivity (Wildman–Crippen MR) is 131 cm³/mol. The standard InChI is InChI=1S/C21H38N8O8/c1-3-10(2)16(20(36)37)29-18(34)12(6-7-14(23)30)27-19(35)13(9-15(31)32)28-17(33)11(22)5-4-8-26-21(24)25/h10-13,16H,3-9,22H2,1-2H3,(H2,23,30)(H,27,35)(H,28,33)(H,29,34)(H,31,32)(H,36,37)(H4,24,25,26). The minimum absolute atomic E-state index is 0.125. The number of hydrogen-bond acceptors (Lipinski definition) is 8. The van der Waals surface area contributed by atoms with Gasteiger partial charge in [0.15, 0.2) is 5.96 Å². The summed E-state index contributed by atoms with van der Waals surface area (Å²) in [6.45, 7) is 3.53. The van der Waals surface area contributed by atoms with Gasteiger partial charge in [-0.2, -0.15) is 0 Å². The number of hydrogen-bond donors (Lipinski definition) is 9. The van der Waals surface area contributed by atoms with Crippen molar-refractivity contribution in [3.8, 4) is 0 Å². The van der Waals surface area contributed by atoms with Crippen molar-refractivity contribution in [2.24, 2.45) is 33.8 Å². The maximum absolute atomic E-state index is 12.9. The van der Waals surface area contributed by atoms with Crippen molar-refractivity contribution in [3.05, 3.63) is 0 Å². The summed E-state index contributed by atoms with van der Waals surface area (Å²) in [5, 5.41) is 25.4. The lowest BCUT2D eigenvalue weighted by atomic mass is 9.98. The Hall–Kier alpha value is -3.95. The van der Waals surface area contributed by atoms with Crippen LogP contribution in [0.3, 0.4) is 0 Å². The van der Waals surface area contributed by atoms with Gasteiger partial charge in [0.2, 0.25) is 23.6 Å². The largest absolute Gasteiger partial charge is 0.481 e. The lowest BCUT2D eigenvalue weighted by Crippen LogP contribution is -2.58. The van der Waals surface area contributed by atoms with Gasteiger partial charge in [0, 0.05) is 13.0 Å². The molecule has 0 saturated carbocycles. The number of carboxylic acid groups (broad SMARTS) is 2. The average molecular weight is 531 g/mol. The highest BCUT2D eigenvalue weighted by atomic mass is 16.4. The maximum Gasteiger partial charge on any atom is 0.326 e. The van der Waals surface area contributed by atoms with Crippen LogP contribution in [-0.4, -0.2) is 82.5 Å². The quantitative estimate of drug-likeness (QED) is 0.0480. The molecule has 0 aliphatic heterocycles. The molecule has 0 bridgehead atoms. The van der Waals surface area contributed by atoms with Crippen molar-refractivity contribution in [1.82, 2.24) is 16.0 Å². The Kier molecular flexibility index (Phi) is 14.9. The number of guanidine groups is 1. The zero-order valence-electron chi connectivity index (χ0n) is 20.9. The molecule has 0 radical (unpaired) electrons. The number of nitrogens with zero attached hydrogens (tertiary/aromatic N) is 1. The number of rotatable bonds is 18. The Balaban J connectivity index is 5.54. The number of nitrogens with one attached hydrogen (secondary N) is 3. The lowest BCUT2D eigenvalue weighted by molar-refractivity contribution is -0.144. The Morgan fingerprint density at radius 3 is 1.92 bits per heavy atom. The van der Waals surface area contributed by atoms with E-state index in [0.717, 1.165) is 0 Å². The smallest absolute Gasteiger partial charge is 0.326 e.